The summed E-state index contributed by atoms with van der Waals surface area (Å²) in [5.41, 5.74) is 16.2. The van der Waals surface area contributed by atoms with Crippen molar-refractivity contribution in [3.8, 4) is 0 Å². The molecule has 0 saturated heterocycles. The van der Waals surface area contributed by atoms with Crippen LogP contribution in [-0.2, 0) is 0 Å². The van der Waals surface area contributed by atoms with Crippen LogP contribution in [0.15, 0.2) is 46.8 Å². The minimum Gasteiger partial charge on any atom is -0.402 e. The van der Waals surface area contributed by atoms with Gasteiger partial charge in [0.25, 0.3) is 0 Å². The van der Waals surface area contributed by atoms with Gasteiger partial charge < -0.3 is 11.5 Å². The molecular weight excluding hydrogens is 172 g/mol. The van der Waals surface area contributed by atoms with E-state index in [1.165, 1.54) is 11.1 Å². The molecule has 2 aliphatic carbocycles. The summed E-state index contributed by atoms with van der Waals surface area (Å²) in [4.78, 5) is 0. The van der Waals surface area contributed by atoms with Crippen molar-refractivity contribution in [3.05, 3.63) is 46.8 Å². The highest BCUT2D eigenvalue weighted by atomic mass is 14.6. The summed E-state index contributed by atoms with van der Waals surface area (Å²) in [6.07, 6.45) is 12.4. The lowest BCUT2D eigenvalue weighted by Gasteiger charge is -2.17. The first-order valence-corrected chi connectivity index (χ1v) is 5.06. The molecule has 14 heavy (non-hydrogen) atoms. The first-order valence-electron chi connectivity index (χ1n) is 5.06. The smallest absolute Gasteiger partial charge is 0.00838 e. The Bertz CT molecular complexity index is 321. The van der Waals surface area contributed by atoms with Gasteiger partial charge in [-0.25, -0.2) is 0 Å². The van der Waals surface area contributed by atoms with Gasteiger partial charge in [0.2, 0.25) is 0 Å². The van der Waals surface area contributed by atoms with Crippen LogP contribution in [0.3, 0.4) is 0 Å². The molecular formula is C12H16N2. The SMILES string of the molecule is NC1=CC=C(C2=CC=C(N)CC2)CC1. The van der Waals surface area contributed by atoms with Crippen molar-refractivity contribution in [1.29, 1.82) is 0 Å². The molecule has 2 rings (SSSR count). The lowest BCUT2D eigenvalue weighted by Crippen LogP contribution is -2.06. The highest BCUT2D eigenvalue weighted by Gasteiger charge is 2.11. The first kappa shape index (κ1) is 9.13. The molecule has 0 aromatic carbocycles. The molecule has 0 bridgehead atoms. The van der Waals surface area contributed by atoms with E-state index in [4.69, 9.17) is 11.5 Å². The highest BCUT2D eigenvalue weighted by Crippen LogP contribution is 2.28. The van der Waals surface area contributed by atoms with Crippen LogP contribution in [-0.4, -0.2) is 0 Å². The van der Waals surface area contributed by atoms with E-state index in [9.17, 15) is 0 Å². The van der Waals surface area contributed by atoms with Gasteiger partial charge in [-0.2, -0.15) is 0 Å². The second-order valence-corrected chi connectivity index (χ2v) is 3.87. The van der Waals surface area contributed by atoms with Crippen LogP contribution in [0.2, 0.25) is 0 Å². The van der Waals surface area contributed by atoms with Gasteiger partial charge in [0.05, 0.1) is 0 Å². The van der Waals surface area contributed by atoms with Gasteiger partial charge in [-0.05, 0) is 49.0 Å². The van der Waals surface area contributed by atoms with Crippen molar-refractivity contribution in [2.75, 3.05) is 0 Å². The summed E-state index contributed by atoms with van der Waals surface area (Å²) in [5, 5.41) is 0. The molecule has 74 valence electrons. The van der Waals surface area contributed by atoms with Crippen LogP contribution in [0.25, 0.3) is 0 Å². The fourth-order valence-corrected chi connectivity index (χ4v) is 1.84. The zero-order chi connectivity index (χ0) is 9.97. The summed E-state index contributed by atoms with van der Waals surface area (Å²) in [7, 11) is 0. The van der Waals surface area contributed by atoms with Crippen LogP contribution >= 0.6 is 0 Å². The van der Waals surface area contributed by atoms with Crippen molar-refractivity contribution in [2.24, 2.45) is 11.5 Å². The lowest BCUT2D eigenvalue weighted by molar-refractivity contribution is 0.840. The summed E-state index contributed by atoms with van der Waals surface area (Å²) in [6.45, 7) is 0. The molecule has 0 fully saturated rings. The molecule has 4 N–H and O–H groups in total. The molecule has 0 amide bonds. The normalized spacial score (nSPS) is 22.0. The van der Waals surface area contributed by atoms with E-state index in [0.29, 0.717) is 0 Å². The topological polar surface area (TPSA) is 52.0 Å². The molecule has 2 nitrogen and oxygen atoms in total. The molecule has 0 spiro atoms. The molecule has 0 radical (unpaired) electrons. The Labute approximate surface area is 84.7 Å². The van der Waals surface area contributed by atoms with E-state index in [-0.39, 0.29) is 0 Å². The molecule has 0 atom stereocenters. The Hall–Kier alpha value is -1.44. The van der Waals surface area contributed by atoms with Crippen molar-refractivity contribution in [1.82, 2.24) is 0 Å². The van der Waals surface area contributed by atoms with E-state index in [2.05, 4.69) is 12.2 Å². The van der Waals surface area contributed by atoms with E-state index < -0.39 is 0 Å². The zero-order valence-corrected chi connectivity index (χ0v) is 8.29. The number of allylic oxidation sites excluding steroid dienone is 8. The summed E-state index contributed by atoms with van der Waals surface area (Å²) < 4.78 is 0. The fraction of sp³-hybridized carbons (Fsp3) is 0.333. The third-order valence-corrected chi connectivity index (χ3v) is 2.78. The predicted molar refractivity (Wildman–Crippen MR) is 59.2 cm³/mol. The van der Waals surface area contributed by atoms with Gasteiger partial charge in [-0.3, -0.25) is 0 Å². The Morgan fingerprint density at radius 3 is 1.36 bits per heavy atom. The largest absolute Gasteiger partial charge is 0.402 e. The molecule has 2 heteroatoms. The summed E-state index contributed by atoms with van der Waals surface area (Å²) in [5.74, 6) is 0. The maximum Gasteiger partial charge on any atom is 0.00838 e. The molecule has 0 aliphatic heterocycles. The molecule has 0 aromatic rings. The van der Waals surface area contributed by atoms with Gasteiger partial charge in [-0.1, -0.05) is 12.2 Å². The summed E-state index contributed by atoms with van der Waals surface area (Å²) in [6, 6.07) is 0. The number of nitrogens with two attached hydrogens (primary N) is 2. The molecule has 2 aliphatic rings. The second-order valence-electron chi connectivity index (χ2n) is 3.87. The lowest BCUT2D eigenvalue weighted by atomic mass is 9.90. The van der Waals surface area contributed by atoms with Crippen LogP contribution in [0.4, 0.5) is 0 Å². The Balaban J connectivity index is 2.17. The van der Waals surface area contributed by atoms with E-state index >= 15 is 0 Å². The van der Waals surface area contributed by atoms with E-state index in [1.807, 2.05) is 12.2 Å². The third kappa shape index (κ3) is 1.90. The van der Waals surface area contributed by atoms with Gasteiger partial charge in [0.15, 0.2) is 0 Å². The van der Waals surface area contributed by atoms with Crippen molar-refractivity contribution in [3.63, 3.8) is 0 Å². The zero-order valence-electron chi connectivity index (χ0n) is 8.29. The standard InChI is InChI=1S/C12H16N2/c13-11-5-1-9(2-6-11)10-3-7-12(14)8-4-10/h1,3,5,7H,2,4,6,8,13-14H2. The number of rotatable bonds is 1. The van der Waals surface area contributed by atoms with Crippen LogP contribution in [0, 0.1) is 0 Å². The quantitative estimate of drug-likeness (QED) is 0.662. The number of hydrogen-bond donors (Lipinski definition) is 2. The van der Waals surface area contributed by atoms with Crippen LogP contribution < -0.4 is 11.5 Å². The van der Waals surface area contributed by atoms with Crippen molar-refractivity contribution >= 4 is 0 Å². The minimum absolute atomic E-state index is 0.986. The minimum atomic E-state index is 0.986. The van der Waals surface area contributed by atoms with Gasteiger partial charge in [0.1, 0.15) is 0 Å². The molecule has 0 saturated carbocycles. The van der Waals surface area contributed by atoms with Gasteiger partial charge >= 0.3 is 0 Å². The number of hydrogen-bond acceptors (Lipinski definition) is 2. The first-order chi connectivity index (χ1) is 6.75. The molecule has 0 heterocycles. The van der Waals surface area contributed by atoms with E-state index in [0.717, 1.165) is 37.1 Å². The van der Waals surface area contributed by atoms with Crippen molar-refractivity contribution < 1.29 is 0 Å². The Kier molecular flexibility index (Phi) is 2.44. The van der Waals surface area contributed by atoms with Gasteiger partial charge in [0, 0.05) is 11.4 Å². The Morgan fingerprint density at radius 2 is 1.07 bits per heavy atom. The van der Waals surface area contributed by atoms with Crippen molar-refractivity contribution in [2.45, 2.75) is 25.7 Å². The monoisotopic (exact) mass is 188 g/mol. The molecule has 0 aromatic heterocycles. The third-order valence-electron chi connectivity index (χ3n) is 2.78. The fourth-order valence-electron chi connectivity index (χ4n) is 1.84. The maximum atomic E-state index is 5.71. The van der Waals surface area contributed by atoms with Crippen LogP contribution in [0.1, 0.15) is 25.7 Å². The predicted octanol–water partition coefficient (Wildman–Crippen LogP) is 2.11. The van der Waals surface area contributed by atoms with Gasteiger partial charge in [-0.15, -0.1) is 0 Å². The second kappa shape index (κ2) is 3.74. The Morgan fingerprint density at radius 1 is 0.643 bits per heavy atom. The average Bonchev–Trinajstić information content (AvgIpc) is 2.21. The average molecular weight is 188 g/mol. The maximum absolute atomic E-state index is 5.71. The highest BCUT2D eigenvalue weighted by molar-refractivity contribution is 5.41. The van der Waals surface area contributed by atoms with E-state index in [1.54, 1.807) is 0 Å². The molecule has 0 unspecified atom stereocenters. The summed E-state index contributed by atoms with van der Waals surface area (Å²) >= 11 is 0. The van der Waals surface area contributed by atoms with Crippen LogP contribution in [0.5, 0.6) is 0 Å².